The highest BCUT2D eigenvalue weighted by atomic mass is 16.4. The summed E-state index contributed by atoms with van der Waals surface area (Å²) in [6.45, 7) is 5.98. The number of aromatic nitrogens is 2. The van der Waals surface area contributed by atoms with Crippen molar-refractivity contribution in [1.82, 2.24) is 9.78 Å². The summed E-state index contributed by atoms with van der Waals surface area (Å²) < 4.78 is 1.40. The van der Waals surface area contributed by atoms with Crippen molar-refractivity contribution in [2.24, 2.45) is 5.92 Å². The van der Waals surface area contributed by atoms with Gasteiger partial charge in [0.15, 0.2) is 0 Å². The Morgan fingerprint density at radius 1 is 1.60 bits per heavy atom. The monoisotopic (exact) mass is 212 g/mol. The van der Waals surface area contributed by atoms with Gasteiger partial charge in [0.2, 0.25) is 0 Å². The fourth-order valence-corrected chi connectivity index (χ4v) is 1.63. The van der Waals surface area contributed by atoms with Crippen LogP contribution in [0.5, 0.6) is 0 Å². The molecule has 0 saturated carbocycles. The summed E-state index contributed by atoms with van der Waals surface area (Å²) in [7, 11) is 0. The maximum Gasteiger partial charge on any atom is 0.312 e. The third-order valence-electron chi connectivity index (χ3n) is 2.39. The van der Waals surface area contributed by atoms with Crippen molar-refractivity contribution >= 4 is 5.97 Å². The number of nitrogens with one attached hydrogen (secondary N) is 1. The normalized spacial score (nSPS) is 13.1. The first-order chi connectivity index (χ1) is 6.97. The van der Waals surface area contributed by atoms with Gasteiger partial charge in [-0.1, -0.05) is 13.8 Å². The van der Waals surface area contributed by atoms with Crippen LogP contribution in [0.15, 0.2) is 10.9 Å². The van der Waals surface area contributed by atoms with E-state index in [2.05, 4.69) is 5.10 Å². The molecule has 1 atom stereocenters. The van der Waals surface area contributed by atoms with Crippen LogP contribution in [0.4, 0.5) is 0 Å². The summed E-state index contributed by atoms with van der Waals surface area (Å²) in [5.74, 6) is -1.61. The number of carboxylic acid groups (broad SMARTS) is 1. The molecule has 0 amide bonds. The summed E-state index contributed by atoms with van der Waals surface area (Å²) in [4.78, 5) is 22.4. The predicted octanol–water partition coefficient (Wildman–Crippen LogP) is 1.02. The minimum Gasteiger partial charge on any atom is -0.481 e. The zero-order valence-corrected chi connectivity index (χ0v) is 9.15. The van der Waals surface area contributed by atoms with E-state index in [-0.39, 0.29) is 11.5 Å². The SMILES string of the molecule is CCn1[nH]c(C(C(=O)O)C(C)C)cc1=O. The second-order valence-electron chi connectivity index (χ2n) is 3.85. The van der Waals surface area contributed by atoms with Gasteiger partial charge in [-0.15, -0.1) is 0 Å². The molecule has 15 heavy (non-hydrogen) atoms. The van der Waals surface area contributed by atoms with Gasteiger partial charge in [-0.3, -0.25) is 19.4 Å². The Balaban J connectivity index is 3.12. The predicted molar refractivity (Wildman–Crippen MR) is 55.9 cm³/mol. The molecule has 2 N–H and O–H groups in total. The molecule has 5 nitrogen and oxygen atoms in total. The smallest absolute Gasteiger partial charge is 0.312 e. The van der Waals surface area contributed by atoms with Crippen molar-refractivity contribution in [3.05, 3.63) is 22.1 Å². The maximum absolute atomic E-state index is 11.4. The molecule has 0 fully saturated rings. The van der Waals surface area contributed by atoms with Crippen LogP contribution >= 0.6 is 0 Å². The molecule has 0 aliphatic heterocycles. The van der Waals surface area contributed by atoms with Crippen LogP contribution in [-0.4, -0.2) is 20.9 Å². The first-order valence-electron chi connectivity index (χ1n) is 5.00. The maximum atomic E-state index is 11.4. The highest BCUT2D eigenvalue weighted by molar-refractivity contribution is 5.75. The average molecular weight is 212 g/mol. The number of aromatic amines is 1. The van der Waals surface area contributed by atoms with E-state index in [4.69, 9.17) is 5.11 Å². The number of hydrogen-bond acceptors (Lipinski definition) is 2. The van der Waals surface area contributed by atoms with E-state index < -0.39 is 11.9 Å². The molecule has 0 aromatic carbocycles. The van der Waals surface area contributed by atoms with E-state index in [1.165, 1.54) is 10.7 Å². The summed E-state index contributed by atoms with van der Waals surface area (Å²) in [5.41, 5.74) is 0.295. The second-order valence-corrected chi connectivity index (χ2v) is 3.85. The van der Waals surface area contributed by atoms with Crippen molar-refractivity contribution in [3.63, 3.8) is 0 Å². The summed E-state index contributed by atoms with van der Waals surface area (Å²) in [6, 6.07) is 1.36. The van der Waals surface area contributed by atoms with E-state index in [9.17, 15) is 9.59 Å². The molecule has 0 radical (unpaired) electrons. The Bertz CT molecular complexity index is 403. The van der Waals surface area contributed by atoms with Gasteiger partial charge in [0.1, 0.15) is 5.92 Å². The number of aryl methyl sites for hydroxylation is 1. The van der Waals surface area contributed by atoms with Crippen molar-refractivity contribution < 1.29 is 9.90 Å². The van der Waals surface area contributed by atoms with E-state index in [1.807, 2.05) is 20.8 Å². The lowest BCUT2D eigenvalue weighted by Crippen LogP contribution is -2.18. The molecule has 1 unspecified atom stereocenters. The van der Waals surface area contributed by atoms with E-state index in [0.717, 1.165) is 0 Å². The summed E-state index contributed by atoms with van der Waals surface area (Å²) >= 11 is 0. The number of carbonyl (C=O) groups is 1. The molecule has 0 aliphatic rings. The van der Waals surface area contributed by atoms with Crippen LogP contribution in [0.2, 0.25) is 0 Å². The number of nitrogens with zero attached hydrogens (tertiary/aromatic N) is 1. The zero-order chi connectivity index (χ0) is 11.6. The van der Waals surface area contributed by atoms with Crippen LogP contribution in [0.1, 0.15) is 32.4 Å². The van der Waals surface area contributed by atoms with Crippen LogP contribution in [0.3, 0.4) is 0 Å². The van der Waals surface area contributed by atoms with Crippen LogP contribution < -0.4 is 5.56 Å². The highest BCUT2D eigenvalue weighted by Crippen LogP contribution is 2.21. The third-order valence-corrected chi connectivity index (χ3v) is 2.39. The molecule has 0 bridgehead atoms. The Hall–Kier alpha value is -1.52. The lowest BCUT2D eigenvalue weighted by atomic mass is 9.93. The van der Waals surface area contributed by atoms with Crippen molar-refractivity contribution in [3.8, 4) is 0 Å². The molecule has 1 rings (SSSR count). The zero-order valence-electron chi connectivity index (χ0n) is 9.15. The van der Waals surface area contributed by atoms with Crippen molar-refractivity contribution in [1.29, 1.82) is 0 Å². The third kappa shape index (κ3) is 2.29. The lowest BCUT2D eigenvalue weighted by molar-refractivity contribution is -0.140. The molecular weight excluding hydrogens is 196 g/mol. The summed E-state index contributed by atoms with van der Waals surface area (Å²) in [6.07, 6.45) is 0. The standard InChI is InChI=1S/C10H16N2O3/c1-4-12-8(13)5-7(11-12)9(6(2)3)10(14)15/h5-6,9,11H,4H2,1-3H3,(H,14,15). The van der Waals surface area contributed by atoms with Gasteiger partial charge < -0.3 is 5.11 Å². The topological polar surface area (TPSA) is 75.1 Å². The molecule has 1 aromatic heterocycles. The van der Waals surface area contributed by atoms with Gasteiger partial charge in [0, 0.05) is 12.6 Å². The molecule has 0 aliphatic carbocycles. The minimum atomic E-state index is -0.908. The molecule has 1 heterocycles. The molecule has 84 valence electrons. The first kappa shape index (κ1) is 11.6. The van der Waals surface area contributed by atoms with Crippen LogP contribution in [0, 0.1) is 5.92 Å². The fourth-order valence-electron chi connectivity index (χ4n) is 1.63. The minimum absolute atomic E-state index is 0.0501. The number of aliphatic carboxylic acids is 1. The molecular formula is C10H16N2O3. The first-order valence-corrected chi connectivity index (χ1v) is 5.00. The van der Waals surface area contributed by atoms with E-state index >= 15 is 0 Å². The van der Waals surface area contributed by atoms with Crippen LogP contribution in [0.25, 0.3) is 0 Å². The number of hydrogen-bond donors (Lipinski definition) is 2. The quantitative estimate of drug-likeness (QED) is 0.782. The lowest BCUT2D eigenvalue weighted by Gasteiger charge is -2.13. The van der Waals surface area contributed by atoms with Gasteiger partial charge in [0.05, 0.1) is 5.69 Å². The van der Waals surface area contributed by atoms with E-state index in [1.54, 1.807) is 0 Å². The molecule has 0 saturated heterocycles. The van der Waals surface area contributed by atoms with Crippen molar-refractivity contribution in [2.75, 3.05) is 0 Å². The van der Waals surface area contributed by atoms with Gasteiger partial charge in [-0.05, 0) is 12.8 Å². The number of rotatable bonds is 4. The number of H-pyrrole nitrogens is 1. The fraction of sp³-hybridized carbons (Fsp3) is 0.600. The van der Waals surface area contributed by atoms with Gasteiger partial charge in [0.25, 0.3) is 5.56 Å². The average Bonchev–Trinajstić information content (AvgIpc) is 2.45. The van der Waals surface area contributed by atoms with Crippen molar-refractivity contribution in [2.45, 2.75) is 33.2 Å². The van der Waals surface area contributed by atoms with Crippen LogP contribution in [-0.2, 0) is 11.3 Å². The Morgan fingerprint density at radius 3 is 2.53 bits per heavy atom. The van der Waals surface area contributed by atoms with Gasteiger partial charge in [-0.25, -0.2) is 0 Å². The molecule has 5 heteroatoms. The summed E-state index contributed by atoms with van der Waals surface area (Å²) in [5, 5.41) is 11.9. The highest BCUT2D eigenvalue weighted by Gasteiger charge is 2.25. The Kier molecular flexibility index (Phi) is 3.34. The van der Waals surface area contributed by atoms with Gasteiger partial charge >= 0.3 is 5.97 Å². The Morgan fingerprint density at radius 2 is 2.20 bits per heavy atom. The van der Waals surface area contributed by atoms with Gasteiger partial charge in [-0.2, -0.15) is 0 Å². The second kappa shape index (κ2) is 4.33. The van der Waals surface area contributed by atoms with E-state index in [0.29, 0.717) is 12.2 Å². The number of carboxylic acids is 1. The largest absolute Gasteiger partial charge is 0.481 e. The Labute approximate surface area is 87.7 Å². The molecule has 1 aromatic rings. The molecule has 0 spiro atoms.